The number of aromatic nitrogens is 2. The van der Waals surface area contributed by atoms with E-state index in [2.05, 4.69) is 4.98 Å². The van der Waals surface area contributed by atoms with Crippen molar-refractivity contribution in [2.45, 2.75) is 57.1 Å². The molecular weight excluding hydrogens is 323 g/mol. The predicted molar refractivity (Wildman–Crippen MR) is 91.5 cm³/mol. The Morgan fingerprint density at radius 3 is 2.48 bits per heavy atom. The summed E-state index contributed by atoms with van der Waals surface area (Å²) in [5.41, 5.74) is 0.713. The van der Waals surface area contributed by atoms with Gasteiger partial charge in [-0.15, -0.1) is 0 Å². The van der Waals surface area contributed by atoms with Crippen molar-refractivity contribution >= 4 is 0 Å². The predicted octanol–water partition coefficient (Wildman–Crippen LogP) is 3.25. The van der Waals surface area contributed by atoms with Crippen molar-refractivity contribution < 1.29 is 9.13 Å². The zero-order valence-electron chi connectivity index (χ0n) is 14.0. The van der Waals surface area contributed by atoms with Crippen LogP contribution in [0.5, 0.6) is 5.75 Å². The van der Waals surface area contributed by atoms with Crippen LogP contribution in [0.3, 0.4) is 0 Å². The van der Waals surface area contributed by atoms with E-state index >= 15 is 0 Å². The molecule has 2 aliphatic rings. The number of nitrogens with one attached hydrogen (secondary N) is 1. The first-order chi connectivity index (χ1) is 12.1. The summed E-state index contributed by atoms with van der Waals surface area (Å²) in [4.78, 5) is 28.3. The summed E-state index contributed by atoms with van der Waals surface area (Å²) in [5.74, 6) is 0.194. The maximum Gasteiger partial charge on any atom is 0.328 e. The van der Waals surface area contributed by atoms with Gasteiger partial charge >= 0.3 is 5.69 Å². The van der Waals surface area contributed by atoms with Crippen molar-refractivity contribution in [2.24, 2.45) is 0 Å². The molecule has 5 nitrogen and oxygen atoms in total. The molecule has 0 aliphatic heterocycles. The second-order valence-electron chi connectivity index (χ2n) is 6.89. The minimum atomic E-state index is -0.373. The summed E-state index contributed by atoms with van der Waals surface area (Å²) in [5, 5.41) is 0. The summed E-state index contributed by atoms with van der Waals surface area (Å²) in [6.07, 6.45) is 5.90. The van der Waals surface area contributed by atoms with Crippen LogP contribution in [0.25, 0.3) is 0 Å². The third-order valence-corrected chi connectivity index (χ3v) is 5.27. The first-order valence-electron chi connectivity index (χ1n) is 8.93. The van der Waals surface area contributed by atoms with Gasteiger partial charge in [0.05, 0.1) is 5.69 Å². The van der Waals surface area contributed by atoms with Gasteiger partial charge in [0.1, 0.15) is 17.7 Å². The molecule has 0 bridgehead atoms. The van der Waals surface area contributed by atoms with Crippen molar-refractivity contribution in [1.29, 1.82) is 0 Å². The lowest BCUT2D eigenvalue weighted by atomic mass is 9.95. The number of nitrogens with zero attached hydrogens (tertiary/aromatic N) is 1. The summed E-state index contributed by atoms with van der Waals surface area (Å²) in [7, 11) is 0. The van der Waals surface area contributed by atoms with Gasteiger partial charge in [0.15, 0.2) is 0 Å². The molecule has 1 aromatic carbocycles. The summed E-state index contributed by atoms with van der Waals surface area (Å²) >= 11 is 0. The average Bonchev–Trinajstić information content (AvgIpc) is 3.01. The second-order valence-corrected chi connectivity index (χ2v) is 6.89. The Balaban J connectivity index is 1.65. The topological polar surface area (TPSA) is 64.1 Å². The Morgan fingerprint density at radius 1 is 1.04 bits per heavy atom. The second kappa shape index (κ2) is 6.50. The van der Waals surface area contributed by atoms with Crippen LogP contribution >= 0.6 is 0 Å². The van der Waals surface area contributed by atoms with Crippen molar-refractivity contribution in [2.75, 3.05) is 0 Å². The molecular formula is C19H21FN2O3. The Morgan fingerprint density at radius 2 is 1.76 bits per heavy atom. The van der Waals surface area contributed by atoms with Gasteiger partial charge in [0, 0.05) is 11.6 Å². The van der Waals surface area contributed by atoms with Gasteiger partial charge in [0.2, 0.25) is 0 Å². The first-order valence-corrected chi connectivity index (χ1v) is 8.93. The van der Waals surface area contributed by atoms with E-state index in [1.807, 2.05) is 0 Å². The lowest BCUT2D eigenvalue weighted by molar-refractivity contribution is 0.202. The van der Waals surface area contributed by atoms with E-state index < -0.39 is 0 Å². The van der Waals surface area contributed by atoms with Crippen molar-refractivity contribution in [3.8, 4) is 5.75 Å². The fourth-order valence-corrected chi connectivity index (χ4v) is 4.01. The van der Waals surface area contributed by atoms with Crippen LogP contribution in [0.4, 0.5) is 4.39 Å². The molecule has 1 fully saturated rings. The maximum atomic E-state index is 13.0. The van der Waals surface area contributed by atoms with E-state index in [0.29, 0.717) is 29.8 Å². The van der Waals surface area contributed by atoms with Gasteiger partial charge in [0.25, 0.3) is 5.56 Å². The maximum absolute atomic E-state index is 13.0. The molecule has 132 valence electrons. The normalized spacial score (nSPS) is 20.4. The minimum Gasteiger partial charge on any atom is -0.484 e. The van der Waals surface area contributed by atoms with Gasteiger partial charge < -0.3 is 9.72 Å². The molecule has 25 heavy (non-hydrogen) atoms. The number of hydrogen-bond acceptors (Lipinski definition) is 3. The largest absolute Gasteiger partial charge is 0.484 e. The lowest BCUT2D eigenvalue weighted by Crippen LogP contribution is -2.41. The van der Waals surface area contributed by atoms with E-state index in [1.54, 1.807) is 12.1 Å². The summed E-state index contributed by atoms with van der Waals surface area (Å²) < 4.78 is 20.3. The van der Waals surface area contributed by atoms with Crippen LogP contribution in [0.2, 0.25) is 0 Å². The third-order valence-electron chi connectivity index (χ3n) is 5.27. The molecule has 2 aromatic rings. The Labute approximate surface area is 144 Å². The summed E-state index contributed by atoms with van der Waals surface area (Å²) in [6, 6.07) is 5.76. The van der Waals surface area contributed by atoms with Crippen LogP contribution in [0.15, 0.2) is 33.9 Å². The van der Waals surface area contributed by atoms with Crippen molar-refractivity contribution in [3.63, 3.8) is 0 Å². The SMILES string of the molecule is O=c1[nH]c2c(c(=O)n1C1CCCCC1)CC[C@H]2Oc1ccc(F)cc1. The molecule has 0 spiro atoms. The van der Waals surface area contributed by atoms with Crippen LogP contribution in [0.1, 0.15) is 61.9 Å². The van der Waals surface area contributed by atoms with Gasteiger partial charge in [-0.2, -0.15) is 0 Å². The molecule has 1 atom stereocenters. The molecule has 1 saturated carbocycles. The molecule has 6 heteroatoms. The number of aromatic amines is 1. The molecule has 4 rings (SSSR count). The molecule has 1 N–H and O–H groups in total. The van der Waals surface area contributed by atoms with E-state index in [1.165, 1.54) is 23.1 Å². The highest BCUT2D eigenvalue weighted by Crippen LogP contribution is 2.32. The molecule has 0 saturated heterocycles. The average molecular weight is 344 g/mol. The third kappa shape index (κ3) is 3.01. The molecule has 1 aromatic heterocycles. The van der Waals surface area contributed by atoms with Gasteiger partial charge in [-0.1, -0.05) is 19.3 Å². The molecule has 2 aliphatic carbocycles. The number of benzene rings is 1. The summed E-state index contributed by atoms with van der Waals surface area (Å²) in [6.45, 7) is 0. The van der Waals surface area contributed by atoms with Gasteiger partial charge in [-0.05, 0) is 49.9 Å². The van der Waals surface area contributed by atoms with Gasteiger partial charge in [-0.3, -0.25) is 9.36 Å². The number of H-pyrrole nitrogens is 1. The number of fused-ring (bicyclic) bond motifs is 1. The molecule has 0 amide bonds. The van der Waals surface area contributed by atoms with Crippen molar-refractivity contribution in [1.82, 2.24) is 9.55 Å². The Kier molecular flexibility index (Phi) is 4.19. The molecule has 0 radical (unpaired) electrons. The highest BCUT2D eigenvalue weighted by molar-refractivity contribution is 5.28. The smallest absolute Gasteiger partial charge is 0.328 e. The van der Waals surface area contributed by atoms with Crippen LogP contribution in [-0.4, -0.2) is 9.55 Å². The molecule has 0 unspecified atom stereocenters. The number of ether oxygens (including phenoxy) is 1. The number of halogens is 1. The van der Waals surface area contributed by atoms with E-state index in [9.17, 15) is 14.0 Å². The quantitative estimate of drug-likeness (QED) is 0.930. The number of hydrogen-bond donors (Lipinski definition) is 1. The van der Waals surface area contributed by atoms with Crippen LogP contribution < -0.4 is 16.0 Å². The zero-order chi connectivity index (χ0) is 17.4. The Bertz CT molecular complexity index is 879. The minimum absolute atomic E-state index is 0.00682. The lowest BCUT2D eigenvalue weighted by Gasteiger charge is -2.23. The van der Waals surface area contributed by atoms with E-state index in [0.717, 1.165) is 25.7 Å². The monoisotopic (exact) mass is 344 g/mol. The van der Waals surface area contributed by atoms with E-state index in [4.69, 9.17) is 4.74 Å². The van der Waals surface area contributed by atoms with E-state index in [-0.39, 0.29) is 29.2 Å². The fourth-order valence-electron chi connectivity index (χ4n) is 4.01. The Hall–Kier alpha value is -2.37. The van der Waals surface area contributed by atoms with Crippen LogP contribution in [-0.2, 0) is 6.42 Å². The molecule has 1 heterocycles. The highest BCUT2D eigenvalue weighted by Gasteiger charge is 2.31. The fraction of sp³-hybridized carbons (Fsp3) is 0.474. The number of rotatable bonds is 3. The zero-order valence-corrected chi connectivity index (χ0v) is 14.0. The van der Waals surface area contributed by atoms with Gasteiger partial charge in [-0.25, -0.2) is 9.18 Å². The van der Waals surface area contributed by atoms with Crippen LogP contribution in [0, 0.1) is 5.82 Å². The first kappa shape index (κ1) is 16.1. The van der Waals surface area contributed by atoms with Crippen molar-refractivity contribution in [3.05, 3.63) is 62.2 Å². The standard InChI is InChI=1S/C19H21FN2O3/c20-12-6-8-14(9-7-12)25-16-11-10-15-17(16)21-19(24)22(18(15)23)13-4-2-1-3-5-13/h6-9,13,16H,1-5,10-11H2,(H,21,24)/t16-/m1/s1. The highest BCUT2D eigenvalue weighted by atomic mass is 19.1.